The quantitative estimate of drug-likeness (QED) is 0.840. The molecule has 0 saturated heterocycles. The van der Waals surface area contributed by atoms with E-state index in [4.69, 9.17) is 5.14 Å². The maximum absolute atomic E-state index is 11.0. The molecule has 1 aromatic rings. The molecule has 5 heteroatoms. The van der Waals surface area contributed by atoms with Gasteiger partial charge in [-0.1, -0.05) is 26.0 Å². The molecule has 0 fully saturated rings. The Labute approximate surface area is 140 Å². The third-order valence-electron chi connectivity index (χ3n) is 2.26. The fraction of sp³-hybridized carbons (Fsp3) is 0.455. The van der Waals surface area contributed by atoms with E-state index in [1.54, 1.807) is 12.1 Å². The summed E-state index contributed by atoms with van der Waals surface area (Å²) >= 11 is 0. The van der Waals surface area contributed by atoms with Crippen LogP contribution in [-0.4, -0.2) is 59.8 Å². The Balaban J connectivity index is 0.00000225. The van der Waals surface area contributed by atoms with Crippen LogP contribution in [0.15, 0.2) is 29.2 Å². The molecular weight excluding hydrogens is 249 g/mol. The zero-order valence-electron chi connectivity index (χ0n) is 10.1. The Bertz CT molecular complexity index is 412. The molecule has 2 N–H and O–H groups in total. The number of nitrogens with two attached hydrogens (primary N) is 1. The van der Waals surface area contributed by atoms with Crippen LogP contribution in [0.5, 0.6) is 0 Å². The molecule has 0 aromatic heterocycles. The fourth-order valence-corrected chi connectivity index (χ4v) is 1.82. The summed E-state index contributed by atoms with van der Waals surface area (Å²) in [7, 11) is -3.55. The maximum Gasteiger partial charge on any atom is 0.238 e. The number of sulfonamides is 1. The van der Waals surface area contributed by atoms with Crippen LogP contribution in [-0.2, 0) is 16.4 Å². The maximum atomic E-state index is 11.0. The van der Waals surface area contributed by atoms with E-state index in [-0.39, 0.29) is 56.3 Å². The van der Waals surface area contributed by atoms with E-state index in [0.29, 0.717) is 5.92 Å². The zero-order chi connectivity index (χ0) is 11.5. The second kappa shape index (κ2) is 7.26. The van der Waals surface area contributed by atoms with Gasteiger partial charge in [0.05, 0.1) is 4.90 Å². The molecular formula is C11H17KNO2S. The average Bonchev–Trinajstić information content (AvgIpc) is 2.14. The molecule has 0 atom stereocenters. The van der Waals surface area contributed by atoms with Crippen LogP contribution in [0.25, 0.3) is 0 Å². The van der Waals surface area contributed by atoms with Gasteiger partial charge in [0.2, 0.25) is 10.0 Å². The topological polar surface area (TPSA) is 60.2 Å². The molecule has 3 nitrogen and oxygen atoms in total. The first kappa shape index (κ1) is 16.8. The summed E-state index contributed by atoms with van der Waals surface area (Å²) in [5, 5.41) is 5.00. The van der Waals surface area contributed by atoms with E-state index in [2.05, 4.69) is 13.8 Å². The standard InChI is InChI=1S/C11H17NO2S.K/c1-9(2)3-4-10-5-7-11(8-6-10)15(12,13)14;/h5-9H,3-4H2,1-2H3,(H2,12,13,14);. The normalized spacial score (nSPS) is 11.2. The molecule has 0 aliphatic heterocycles. The van der Waals surface area contributed by atoms with Crippen LogP contribution >= 0.6 is 0 Å². The predicted octanol–water partition coefficient (Wildman–Crippen LogP) is 1.54. The number of benzene rings is 1. The minimum atomic E-state index is -3.55. The molecule has 0 aliphatic rings. The van der Waals surface area contributed by atoms with Gasteiger partial charge in [-0.25, -0.2) is 13.6 Å². The summed E-state index contributed by atoms with van der Waals surface area (Å²) in [5.41, 5.74) is 1.15. The molecule has 16 heavy (non-hydrogen) atoms. The van der Waals surface area contributed by atoms with Crippen molar-refractivity contribution >= 4 is 61.4 Å². The van der Waals surface area contributed by atoms with Gasteiger partial charge in [-0.2, -0.15) is 0 Å². The van der Waals surface area contributed by atoms with Crippen LogP contribution in [0.1, 0.15) is 25.8 Å². The number of primary sulfonamides is 1. The average molecular weight is 266 g/mol. The predicted molar refractivity (Wildman–Crippen MR) is 66.7 cm³/mol. The first-order valence-electron chi connectivity index (χ1n) is 5.01. The van der Waals surface area contributed by atoms with Crippen LogP contribution in [0, 0.1) is 5.92 Å². The van der Waals surface area contributed by atoms with Crippen molar-refractivity contribution in [3.63, 3.8) is 0 Å². The smallest absolute Gasteiger partial charge is 0.225 e. The Morgan fingerprint density at radius 3 is 2.06 bits per heavy atom. The van der Waals surface area contributed by atoms with Crippen molar-refractivity contribution in [3.8, 4) is 0 Å². The van der Waals surface area contributed by atoms with Crippen molar-refractivity contribution in [2.75, 3.05) is 0 Å². The van der Waals surface area contributed by atoms with Gasteiger partial charge in [-0.3, -0.25) is 0 Å². The van der Waals surface area contributed by atoms with Crippen molar-refractivity contribution in [3.05, 3.63) is 29.8 Å². The van der Waals surface area contributed by atoms with Crippen LogP contribution in [0.4, 0.5) is 0 Å². The van der Waals surface area contributed by atoms with Crippen LogP contribution < -0.4 is 5.14 Å². The van der Waals surface area contributed by atoms with E-state index in [1.165, 1.54) is 0 Å². The van der Waals surface area contributed by atoms with Gasteiger partial charge in [0.15, 0.2) is 0 Å². The molecule has 0 bridgehead atoms. The third kappa shape index (κ3) is 5.91. The molecule has 0 amide bonds. The van der Waals surface area contributed by atoms with Gasteiger partial charge in [-0.05, 0) is 36.5 Å². The minimum absolute atomic E-state index is 0. The monoisotopic (exact) mass is 266 g/mol. The first-order chi connectivity index (χ1) is 6.89. The number of aryl methyl sites for hydroxylation is 1. The molecule has 85 valence electrons. The van der Waals surface area contributed by atoms with Gasteiger partial charge in [-0.15, -0.1) is 0 Å². The van der Waals surface area contributed by atoms with E-state index in [9.17, 15) is 8.42 Å². The second-order valence-corrected chi connectivity index (χ2v) is 5.68. The van der Waals surface area contributed by atoms with Crippen molar-refractivity contribution in [1.82, 2.24) is 0 Å². The van der Waals surface area contributed by atoms with Gasteiger partial charge in [0.1, 0.15) is 0 Å². The molecule has 0 aliphatic carbocycles. The largest absolute Gasteiger partial charge is 0.238 e. The van der Waals surface area contributed by atoms with Crippen LogP contribution in [0.3, 0.4) is 0 Å². The minimum Gasteiger partial charge on any atom is -0.225 e. The Morgan fingerprint density at radius 2 is 1.69 bits per heavy atom. The molecule has 1 radical (unpaired) electrons. The number of rotatable bonds is 4. The molecule has 0 unspecified atom stereocenters. The number of hydrogen-bond acceptors (Lipinski definition) is 2. The van der Waals surface area contributed by atoms with Gasteiger partial charge in [0, 0.05) is 51.4 Å². The molecule has 0 spiro atoms. The summed E-state index contributed by atoms with van der Waals surface area (Å²) < 4.78 is 22.0. The Hall–Kier alpha value is 0.766. The van der Waals surface area contributed by atoms with E-state index < -0.39 is 10.0 Å². The summed E-state index contributed by atoms with van der Waals surface area (Å²) in [5.74, 6) is 0.655. The van der Waals surface area contributed by atoms with Crippen molar-refractivity contribution in [2.24, 2.45) is 11.1 Å². The zero-order valence-corrected chi connectivity index (χ0v) is 14.0. The van der Waals surface area contributed by atoms with E-state index in [0.717, 1.165) is 18.4 Å². The summed E-state index contributed by atoms with van der Waals surface area (Å²) in [6.07, 6.45) is 2.08. The molecule has 1 aromatic carbocycles. The van der Waals surface area contributed by atoms with Gasteiger partial charge in [0.25, 0.3) is 0 Å². The fourth-order valence-electron chi connectivity index (χ4n) is 1.30. The summed E-state index contributed by atoms with van der Waals surface area (Å²) in [6, 6.07) is 6.76. The van der Waals surface area contributed by atoms with E-state index >= 15 is 0 Å². The Morgan fingerprint density at radius 1 is 1.19 bits per heavy atom. The molecule has 1 rings (SSSR count). The third-order valence-corrected chi connectivity index (χ3v) is 3.19. The van der Waals surface area contributed by atoms with Crippen LogP contribution in [0.2, 0.25) is 0 Å². The number of hydrogen-bond donors (Lipinski definition) is 1. The SMILES string of the molecule is CC(C)CCc1ccc(S(N)(=O)=O)cc1.[K]. The van der Waals surface area contributed by atoms with Crippen molar-refractivity contribution in [1.29, 1.82) is 0 Å². The van der Waals surface area contributed by atoms with Crippen molar-refractivity contribution in [2.45, 2.75) is 31.6 Å². The Kier molecular flexibility index (Phi) is 7.60. The van der Waals surface area contributed by atoms with Gasteiger partial charge < -0.3 is 0 Å². The first-order valence-corrected chi connectivity index (χ1v) is 6.56. The molecule has 0 heterocycles. The summed E-state index contributed by atoms with van der Waals surface area (Å²) in [4.78, 5) is 0.177. The van der Waals surface area contributed by atoms with E-state index in [1.807, 2.05) is 12.1 Å². The second-order valence-electron chi connectivity index (χ2n) is 4.12. The van der Waals surface area contributed by atoms with Gasteiger partial charge >= 0.3 is 0 Å². The summed E-state index contributed by atoms with van der Waals surface area (Å²) in [6.45, 7) is 4.33. The van der Waals surface area contributed by atoms with Crippen molar-refractivity contribution < 1.29 is 8.42 Å². The molecule has 0 saturated carbocycles.